The summed E-state index contributed by atoms with van der Waals surface area (Å²) in [5, 5.41) is 11.1. The molecule has 0 spiro atoms. The first-order valence-corrected chi connectivity index (χ1v) is 7.26. The van der Waals surface area contributed by atoms with Crippen molar-refractivity contribution in [1.82, 2.24) is 5.32 Å². The molecule has 2 N–H and O–H groups in total. The van der Waals surface area contributed by atoms with Gasteiger partial charge in [-0.2, -0.15) is 0 Å². The van der Waals surface area contributed by atoms with Crippen molar-refractivity contribution in [3.63, 3.8) is 0 Å². The standard InChI is InChI=1S/C14H21NO.C3H8O/c1-10(2)9-14(16)15-12(4)13-7-5-11(3)6-8-13;1-3(2)4/h5-8,10,12H,9H2,1-4H3,(H,15,16);3-4H,1-2H3. The summed E-state index contributed by atoms with van der Waals surface area (Å²) >= 11 is 0. The molecule has 3 heteroatoms. The third-order valence-electron chi connectivity index (χ3n) is 2.55. The molecule has 3 nitrogen and oxygen atoms in total. The van der Waals surface area contributed by atoms with Crippen LogP contribution in [0.15, 0.2) is 24.3 Å². The van der Waals surface area contributed by atoms with Crippen LogP contribution in [0.3, 0.4) is 0 Å². The van der Waals surface area contributed by atoms with Gasteiger partial charge < -0.3 is 10.4 Å². The number of hydrogen-bond donors (Lipinski definition) is 2. The van der Waals surface area contributed by atoms with Crippen LogP contribution in [0.4, 0.5) is 0 Å². The number of aryl methyl sites for hydroxylation is 1. The quantitative estimate of drug-likeness (QED) is 0.884. The van der Waals surface area contributed by atoms with E-state index < -0.39 is 0 Å². The molecule has 1 aromatic rings. The highest BCUT2D eigenvalue weighted by Crippen LogP contribution is 2.13. The van der Waals surface area contributed by atoms with Crippen molar-refractivity contribution in [1.29, 1.82) is 0 Å². The second kappa shape index (κ2) is 9.54. The van der Waals surface area contributed by atoms with E-state index in [-0.39, 0.29) is 18.1 Å². The number of carbonyl (C=O) groups is 1. The van der Waals surface area contributed by atoms with Crippen molar-refractivity contribution in [3.8, 4) is 0 Å². The lowest BCUT2D eigenvalue weighted by molar-refractivity contribution is -0.122. The van der Waals surface area contributed by atoms with Crippen molar-refractivity contribution >= 4 is 5.91 Å². The second-order valence-electron chi connectivity index (χ2n) is 5.89. The number of nitrogens with one attached hydrogen (secondary N) is 1. The number of benzene rings is 1. The van der Waals surface area contributed by atoms with Gasteiger partial charge >= 0.3 is 0 Å². The van der Waals surface area contributed by atoms with E-state index in [0.29, 0.717) is 12.3 Å². The normalized spacial score (nSPS) is 11.8. The van der Waals surface area contributed by atoms with Crippen LogP contribution in [-0.4, -0.2) is 17.1 Å². The van der Waals surface area contributed by atoms with Crippen LogP contribution in [0.1, 0.15) is 58.2 Å². The van der Waals surface area contributed by atoms with Crippen molar-refractivity contribution in [3.05, 3.63) is 35.4 Å². The Morgan fingerprint density at radius 2 is 1.55 bits per heavy atom. The zero-order chi connectivity index (χ0) is 15.7. The number of amides is 1. The summed E-state index contributed by atoms with van der Waals surface area (Å²) in [6.45, 7) is 11.6. The molecule has 0 aliphatic carbocycles. The van der Waals surface area contributed by atoms with E-state index in [2.05, 4.69) is 50.4 Å². The highest BCUT2D eigenvalue weighted by Gasteiger charge is 2.10. The van der Waals surface area contributed by atoms with Crippen molar-refractivity contribution in [2.24, 2.45) is 5.92 Å². The molecule has 0 saturated carbocycles. The van der Waals surface area contributed by atoms with E-state index >= 15 is 0 Å². The Morgan fingerprint density at radius 1 is 1.10 bits per heavy atom. The van der Waals surface area contributed by atoms with Crippen molar-refractivity contribution in [2.75, 3.05) is 0 Å². The summed E-state index contributed by atoms with van der Waals surface area (Å²) in [6.07, 6.45) is 0.427. The molecule has 0 aliphatic rings. The molecular weight excluding hydrogens is 250 g/mol. The maximum Gasteiger partial charge on any atom is 0.220 e. The number of hydrogen-bond acceptors (Lipinski definition) is 2. The number of carbonyl (C=O) groups excluding carboxylic acids is 1. The van der Waals surface area contributed by atoms with Crippen LogP contribution in [0.2, 0.25) is 0 Å². The van der Waals surface area contributed by atoms with Gasteiger partial charge in [0.15, 0.2) is 0 Å². The fraction of sp³-hybridized carbons (Fsp3) is 0.588. The van der Waals surface area contributed by atoms with E-state index in [1.54, 1.807) is 13.8 Å². The van der Waals surface area contributed by atoms with Gasteiger partial charge in [0.2, 0.25) is 5.91 Å². The van der Waals surface area contributed by atoms with E-state index in [9.17, 15) is 4.79 Å². The van der Waals surface area contributed by atoms with Gasteiger partial charge in [-0.3, -0.25) is 4.79 Å². The van der Waals surface area contributed by atoms with Crippen LogP contribution in [-0.2, 0) is 4.79 Å². The van der Waals surface area contributed by atoms with Gasteiger partial charge in [-0.15, -0.1) is 0 Å². The smallest absolute Gasteiger partial charge is 0.220 e. The molecule has 20 heavy (non-hydrogen) atoms. The molecule has 0 bridgehead atoms. The minimum Gasteiger partial charge on any atom is -0.394 e. The van der Waals surface area contributed by atoms with Crippen LogP contribution in [0, 0.1) is 12.8 Å². The van der Waals surface area contributed by atoms with Crippen molar-refractivity contribution in [2.45, 2.75) is 60.1 Å². The highest BCUT2D eigenvalue weighted by molar-refractivity contribution is 5.76. The average Bonchev–Trinajstić information content (AvgIpc) is 2.27. The molecule has 0 fully saturated rings. The maximum atomic E-state index is 11.6. The Hall–Kier alpha value is -1.35. The van der Waals surface area contributed by atoms with E-state index in [1.807, 2.05) is 6.92 Å². The Morgan fingerprint density at radius 3 is 1.95 bits per heavy atom. The largest absolute Gasteiger partial charge is 0.394 e. The predicted molar refractivity (Wildman–Crippen MR) is 84.5 cm³/mol. The van der Waals surface area contributed by atoms with Crippen LogP contribution < -0.4 is 5.32 Å². The van der Waals surface area contributed by atoms with Crippen LogP contribution >= 0.6 is 0 Å². The number of rotatable bonds is 4. The summed E-state index contributed by atoms with van der Waals surface area (Å²) in [6, 6.07) is 8.36. The maximum absolute atomic E-state index is 11.6. The molecule has 1 aromatic carbocycles. The van der Waals surface area contributed by atoms with Crippen LogP contribution in [0.25, 0.3) is 0 Å². The Labute approximate surface area is 123 Å². The summed E-state index contributed by atoms with van der Waals surface area (Å²) in [5.74, 6) is 0.535. The zero-order valence-electron chi connectivity index (χ0n) is 13.6. The molecule has 1 atom stereocenters. The molecule has 1 rings (SSSR count). The third kappa shape index (κ3) is 9.56. The lowest BCUT2D eigenvalue weighted by atomic mass is 10.1. The monoisotopic (exact) mass is 279 g/mol. The molecule has 0 aromatic heterocycles. The van der Waals surface area contributed by atoms with Gasteiger partial charge in [-0.05, 0) is 39.2 Å². The summed E-state index contributed by atoms with van der Waals surface area (Å²) < 4.78 is 0. The average molecular weight is 279 g/mol. The molecule has 114 valence electrons. The minimum atomic E-state index is -0.167. The molecule has 1 unspecified atom stereocenters. The lowest BCUT2D eigenvalue weighted by Crippen LogP contribution is -2.27. The SMILES string of the molecule is CC(C)O.Cc1ccc(C(C)NC(=O)CC(C)C)cc1. The number of aliphatic hydroxyl groups excluding tert-OH is 1. The number of aliphatic hydroxyl groups is 1. The first-order valence-electron chi connectivity index (χ1n) is 7.26. The molecule has 0 aliphatic heterocycles. The third-order valence-corrected chi connectivity index (χ3v) is 2.55. The van der Waals surface area contributed by atoms with E-state index in [0.717, 1.165) is 5.56 Å². The molecule has 0 heterocycles. The van der Waals surface area contributed by atoms with Gasteiger partial charge in [0.05, 0.1) is 6.04 Å². The molecule has 1 amide bonds. The Balaban J connectivity index is 0.000000796. The zero-order valence-corrected chi connectivity index (χ0v) is 13.6. The summed E-state index contributed by atoms with van der Waals surface area (Å²) in [7, 11) is 0. The summed E-state index contributed by atoms with van der Waals surface area (Å²) in [5.41, 5.74) is 2.40. The first-order chi connectivity index (χ1) is 9.22. The Bertz CT molecular complexity index is 380. The van der Waals surface area contributed by atoms with Gasteiger partial charge in [0, 0.05) is 12.5 Å². The van der Waals surface area contributed by atoms with E-state index in [4.69, 9.17) is 5.11 Å². The topological polar surface area (TPSA) is 49.3 Å². The molecule has 0 saturated heterocycles. The van der Waals surface area contributed by atoms with Gasteiger partial charge in [0.1, 0.15) is 0 Å². The first kappa shape index (κ1) is 18.7. The molecular formula is C17H29NO2. The fourth-order valence-corrected chi connectivity index (χ4v) is 1.61. The van der Waals surface area contributed by atoms with Crippen molar-refractivity contribution < 1.29 is 9.90 Å². The fourth-order valence-electron chi connectivity index (χ4n) is 1.61. The van der Waals surface area contributed by atoms with Gasteiger partial charge in [0.25, 0.3) is 0 Å². The van der Waals surface area contributed by atoms with E-state index in [1.165, 1.54) is 5.56 Å². The minimum absolute atomic E-state index is 0.0897. The lowest BCUT2D eigenvalue weighted by Gasteiger charge is -2.15. The van der Waals surface area contributed by atoms with Crippen LogP contribution in [0.5, 0.6) is 0 Å². The predicted octanol–water partition coefficient (Wildman–Crippen LogP) is 3.61. The Kier molecular flexibility index (Phi) is 8.89. The molecule has 0 radical (unpaired) electrons. The highest BCUT2D eigenvalue weighted by atomic mass is 16.3. The summed E-state index contributed by atoms with van der Waals surface area (Å²) in [4.78, 5) is 11.6. The van der Waals surface area contributed by atoms with Gasteiger partial charge in [-0.25, -0.2) is 0 Å². The second-order valence-corrected chi connectivity index (χ2v) is 5.89. The van der Waals surface area contributed by atoms with Gasteiger partial charge in [-0.1, -0.05) is 43.7 Å².